The summed E-state index contributed by atoms with van der Waals surface area (Å²) in [5.41, 5.74) is 1.78. The van der Waals surface area contributed by atoms with Gasteiger partial charge in [-0.25, -0.2) is 9.78 Å². The standard InChI is InChI=1S/C16H13NO5S/c1-8-4-10-14(5-13(8)22-16(19)20-3)21-6-11(15(10)18)12-7-23-9(2)17-12/h4-7H,1-3H3. The lowest BCUT2D eigenvalue weighted by Crippen LogP contribution is -2.09. The molecule has 3 aromatic rings. The molecule has 0 saturated carbocycles. The molecule has 0 fully saturated rings. The molecule has 1 aromatic carbocycles. The molecule has 0 aliphatic heterocycles. The number of rotatable bonds is 2. The van der Waals surface area contributed by atoms with Crippen LogP contribution >= 0.6 is 11.3 Å². The van der Waals surface area contributed by atoms with Gasteiger partial charge in [0.2, 0.25) is 5.43 Å². The van der Waals surface area contributed by atoms with Crippen molar-refractivity contribution in [1.29, 1.82) is 0 Å². The molecule has 6 nitrogen and oxygen atoms in total. The molecule has 0 bridgehead atoms. The Labute approximate surface area is 135 Å². The van der Waals surface area contributed by atoms with E-state index in [4.69, 9.17) is 9.15 Å². The third-order valence-electron chi connectivity index (χ3n) is 3.33. The van der Waals surface area contributed by atoms with Crippen LogP contribution < -0.4 is 10.2 Å². The summed E-state index contributed by atoms with van der Waals surface area (Å²) in [6.45, 7) is 3.61. The number of fused-ring (bicyclic) bond motifs is 1. The number of aromatic nitrogens is 1. The average Bonchev–Trinajstić information content (AvgIpc) is 2.95. The molecular formula is C16H13NO5S. The number of ether oxygens (including phenoxy) is 2. The Morgan fingerprint density at radius 2 is 2.09 bits per heavy atom. The number of hydrogen-bond donors (Lipinski definition) is 0. The van der Waals surface area contributed by atoms with E-state index in [0.717, 1.165) is 5.01 Å². The number of methoxy groups -OCH3 is 1. The predicted molar refractivity (Wildman–Crippen MR) is 86.1 cm³/mol. The quantitative estimate of drug-likeness (QED) is 0.526. The van der Waals surface area contributed by atoms with Crippen molar-refractivity contribution in [1.82, 2.24) is 4.98 Å². The number of hydrogen-bond acceptors (Lipinski definition) is 7. The summed E-state index contributed by atoms with van der Waals surface area (Å²) in [4.78, 5) is 28.2. The van der Waals surface area contributed by atoms with Gasteiger partial charge in [-0.05, 0) is 25.5 Å². The first-order chi connectivity index (χ1) is 11.0. The number of thiazole rings is 1. The molecule has 0 saturated heterocycles. The van der Waals surface area contributed by atoms with Gasteiger partial charge in [-0.1, -0.05) is 0 Å². The van der Waals surface area contributed by atoms with Crippen LogP contribution in [0.1, 0.15) is 10.6 Å². The zero-order chi connectivity index (χ0) is 16.6. The maximum atomic E-state index is 12.7. The summed E-state index contributed by atoms with van der Waals surface area (Å²) in [5, 5.41) is 3.09. The predicted octanol–water partition coefficient (Wildman–Crippen LogP) is 3.68. The van der Waals surface area contributed by atoms with Crippen molar-refractivity contribution in [3.05, 3.63) is 44.6 Å². The van der Waals surface area contributed by atoms with E-state index < -0.39 is 6.16 Å². The zero-order valence-corrected chi connectivity index (χ0v) is 13.5. The van der Waals surface area contributed by atoms with Gasteiger partial charge in [0.05, 0.1) is 28.8 Å². The first-order valence-electron chi connectivity index (χ1n) is 6.74. The van der Waals surface area contributed by atoms with Crippen LogP contribution in [0.25, 0.3) is 22.2 Å². The van der Waals surface area contributed by atoms with Crippen LogP contribution in [0.4, 0.5) is 4.79 Å². The lowest BCUT2D eigenvalue weighted by molar-refractivity contribution is 0.121. The highest BCUT2D eigenvalue weighted by molar-refractivity contribution is 7.09. The third kappa shape index (κ3) is 2.83. The fourth-order valence-corrected chi connectivity index (χ4v) is 2.78. The first kappa shape index (κ1) is 15.2. The Bertz CT molecular complexity index is 957. The summed E-state index contributed by atoms with van der Waals surface area (Å²) in [5.74, 6) is 0.282. The summed E-state index contributed by atoms with van der Waals surface area (Å²) < 4.78 is 15.0. The lowest BCUT2D eigenvalue weighted by Gasteiger charge is -2.07. The van der Waals surface area contributed by atoms with E-state index in [0.29, 0.717) is 27.8 Å². The van der Waals surface area contributed by atoms with Crippen LogP contribution in [-0.2, 0) is 4.74 Å². The van der Waals surface area contributed by atoms with Gasteiger partial charge < -0.3 is 13.9 Å². The molecule has 7 heteroatoms. The van der Waals surface area contributed by atoms with Gasteiger partial charge in [-0.2, -0.15) is 0 Å². The number of benzene rings is 1. The molecule has 23 heavy (non-hydrogen) atoms. The maximum Gasteiger partial charge on any atom is 0.513 e. The Morgan fingerprint density at radius 3 is 2.74 bits per heavy atom. The molecule has 0 aliphatic carbocycles. The van der Waals surface area contributed by atoms with Crippen molar-refractivity contribution in [2.24, 2.45) is 0 Å². The smallest absolute Gasteiger partial charge is 0.463 e. The largest absolute Gasteiger partial charge is 0.513 e. The summed E-state index contributed by atoms with van der Waals surface area (Å²) >= 11 is 1.47. The van der Waals surface area contributed by atoms with E-state index in [-0.39, 0.29) is 11.2 Å². The monoisotopic (exact) mass is 331 g/mol. The maximum absolute atomic E-state index is 12.7. The third-order valence-corrected chi connectivity index (χ3v) is 4.10. The van der Waals surface area contributed by atoms with Crippen LogP contribution in [0.2, 0.25) is 0 Å². The average molecular weight is 331 g/mol. The molecule has 0 amide bonds. The van der Waals surface area contributed by atoms with Gasteiger partial charge in [0.15, 0.2) is 0 Å². The van der Waals surface area contributed by atoms with Crippen molar-refractivity contribution < 1.29 is 18.7 Å². The van der Waals surface area contributed by atoms with Crippen LogP contribution in [0, 0.1) is 13.8 Å². The summed E-state index contributed by atoms with van der Waals surface area (Å²) in [7, 11) is 1.22. The summed E-state index contributed by atoms with van der Waals surface area (Å²) in [6.07, 6.45) is 0.542. The molecule has 2 aromatic heterocycles. The Hall–Kier alpha value is -2.67. The van der Waals surface area contributed by atoms with Crippen molar-refractivity contribution >= 4 is 28.5 Å². The van der Waals surface area contributed by atoms with Gasteiger partial charge >= 0.3 is 6.16 Å². The molecule has 3 rings (SSSR count). The van der Waals surface area contributed by atoms with Crippen molar-refractivity contribution in [3.63, 3.8) is 0 Å². The first-order valence-corrected chi connectivity index (χ1v) is 7.62. The minimum Gasteiger partial charge on any atom is -0.463 e. The van der Waals surface area contributed by atoms with Crippen LogP contribution in [-0.4, -0.2) is 18.2 Å². The fourth-order valence-electron chi connectivity index (χ4n) is 2.17. The number of carbonyl (C=O) groups excluding carboxylic acids is 1. The highest BCUT2D eigenvalue weighted by atomic mass is 32.1. The van der Waals surface area contributed by atoms with E-state index in [9.17, 15) is 9.59 Å². The summed E-state index contributed by atoms with van der Waals surface area (Å²) in [6, 6.07) is 3.13. The molecule has 0 radical (unpaired) electrons. The minimum atomic E-state index is -0.829. The zero-order valence-electron chi connectivity index (χ0n) is 12.7. The normalized spacial score (nSPS) is 10.7. The topological polar surface area (TPSA) is 78.6 Å². The Morgan fingerprint density at radius 1 is 1.30 bits per heavy atom. The molecule has 2 heterocycles. The molecule has 0 unspecified atom stereocenters. The van der Waals surface area contributed by atoms with Crippen LogP contribution in [0.15, 0.2) is 33.0 Å². The fraction of sp³-hybridized carbons (Fsp3) is 0.188. The van der Waals surface area contributed by atoms with Gasteiger partial charge in [0, 0.05) is 11.4 Å². The second kappa shape index (κ2) is 5.85. The van der Waals surface area contributed by atoms with Crippen molar-refractivity contribution in [2.75, 3.05) is 7.11 Å². The lowest BCUT2D eigenvalue weighted by atomic mass is 10.1. The molecule has 0 spiro atoms. The van der Waals surface area contributed by atoms with E-state index in [1.54, 1.807) is 13.0 Å². The second-order valence-electron chi connectivity index (χ2n) is 4.90. The molecule has 0 N–H and O–H groups in total. The Kier molecular flexibility index (Phi) is 3.87. The van der Waals surface area contributed by atoms with E-state index in [1.165, 1.54) is 30.8 Å². The van der Waals surface area contributed by atoms with E-state index in [1.807, 2.05) is 12.3 Å². The van der Waals surface area contributed by atoms with Crippen LogP contribution in [0.3, 0.4) is 0 Å². The highest BCUT2D eigenvalue weighted by Gasteiger charge is 2.15. The molecule has 118 valence electrons. The van der Waals surface area contributed by atoms with Gasteiger partial charge in [-0.15, -0.1) is 11.3 Å². The van der Waals surface area contributed by atoms with Crippen LogP contribution in [0.5, 0.6) is 5.75 Å². The number of carbonyl (C=O) groups is 1. The molecule has 0 aliphatic rings. The minimum absolute atomic E-state index is 0.177. The Balaban J connectivity index is 2.14. The highest BCUT2D eigenvalue weighted by Crippen LogP contribution is 2.27. The number of aryl methyl sites for hydroxylation is 2. The van der Waals surface area contributed by atoms with E-state index >= 15 is 0 Å². The molecule has 0 atom stereocenters. The van der Waals surface area contributed by atoms with E-state index in [2.05, 4.69) is 9.72 Å². The number of nitrogens with zero attached hydrogens (tertiary/aromatic N) is 1. The SMILES string of the molecule is COC(=O)Oc1cc2occ(-c3csc(C)n3)c(=O)c2cc1C. The van der Waals surface area contributed by atoms with Crippen molar-refractivity contribution in [2.45, 2.75) is 13.8 Å². The van der Waals surface area contributed by atoms with Gasteiger partial charge in [0.1, 0.15) is 17.6 Å². The second-order valence-corrected chi connectivity index (χ2v) is 5.96. The molecular weight excluding hydrogens is 318 g/mol. The van der Waals surface area contributed by atoms with Gasteiger partial charge in [0.25, 0.3) is 0 Å². The van der Waals surface area contributed by atoms with Crippen molar-refractivity contribution in [3.8, 4) is 17.0 Å². The van der Waals surface area contributed by atoms with Gasteiger partial charge in [-0.3, -0.25) is 4.79 Å².